The third kappa shape index (κ3) is 3.41. The number of hydrogen-bond donors (Lipinski definition) is 9. The van der Waals surface area contributed by atoms with Crippen LogP contribution in [-0.4, -0.2) is 120 Å². The van der Waals surface area contributed by atoms with Gasteiger partial charge in [-0.1, -0.05) is 0 Å². The molecule has 24 heavy (non-hydrogen) atoms. The van der Waals surface area contributed by atoms with Gasteiger partial charge in [-0.05, 0) is 0 Å². The Bertz CT molecular complexity index is 419. The zero-order valence-corrected chi connectivity index (χ0v) is 12.4. The van der Waals surface area contributed by atoms with Crippen molar-refractivity contribution in [2.75, 3.05) is 13.2 Å². The van der Waals surface area contributed by atoms with Crippen molar-refractivity contribution in [2.24, 2.45) is 0 Å². The molecule has 2 aliphatic heterocycles. The lowest BCUT2D eigenvalue weighted by atomic mass is 9.97. The molecule has 0 bridgehead atoms. The van der Waals surface area contributed by atoms with E-state index in [0.29, 0.717) is 0 Å². The van der Waals surface area contributed by atoms with Crippen LogP contribution >= 0.6 is 0 Å². The summed E-state index contributed by atoms with van der Waals surface area (Å²) in [4.78, 5) is 0. The summed E-state index contributed by atoms with van der Waals surface area (Å²) >= 11 is 0. The monoisotopic (exact) mass is 358 g/mol. The predicted octanol–water partition coefficient (Wildman–Crippen LogP) is -6.08. The van der Waals surface area contributed by atoms with Gasteiger partial charge in [0.25, 0.3) is 0 Å². The summed E-state index contributed by atoms with van der Waals surface area (Å²) in [5.41, 5.74) is 0. The van der Waals surface area contributed by atoms with Gasteiger partial charge in [0.15, 0.2) is 12.4 Å². The first-order chi connectivity index (χ1) is 11.2. The van der Waals surface area contributed by atoms with Crippen LogP contribution in [0.25, 0.3) is 0 Å². The van der Waals surface area contributed by atoms with E-state index in [9.17, 15) is 35.7 Å². The predicted molar refractivity (Wildman–Crippen MR) is 69.8 cm³/mol. The lowest BCUT2D eigenvalue weighted by Gasteiger charge is -2.48. The van der Waals surface area contributed by atoms with Crippen molar-refractivity contribution < 1.29 is 60.2 Å². The van der Waals surface area contributed by atoms with E-state index >= 15 is 0 Å². The molecule has 0 aromatic rings. The molecule has 12 nitrogen and oxygen atoms in total. The van der Waals surface area contributed by atoms with E-state index in [1.54, 1.807) is 0 Å². The van der Waals surface area contributed by atoms with Gasteiger partial charge in [-0.25, -0.2) is 0 Å². The van der Waals surface area contributed by atoms with Gasteiger partial charge >= 0.3 is 5.97 Å². The average Bonchev–Trinajstić information content (AvgIpc) is 2.57. The van der Waals surface area contributed by atoms with Crippen LogP contribution in [0.2, 0.25) is 0 Å². The van der Waals surface area contributed by atoms with Gasteiger partial charge in [-0.15, -0.1) is 0 Å². The van der Waals surface area contributed by atoms with Crippen LogP contribution in [0.5, 0.6) is 0 Å². The molecule has 0 spiro atoms. The highest BCUT2D eigenvalue weighted by Gasteiger charge is 2.57. The third-order valence-electron chi connectivity index (χ3n) is 4.06. The quantitative estimate of drug-likeness (QED) is 0.215. The van der Waals surface area contributed by atoms with E-state index in [2.05, 4.69) is 0 Å². The second kappa shape index (κ2) is 7.41. The Labute approximate surface area is 135 Å². The molecular weight excluding hydrogens is 336 g/mol. The van der Waals surface area contributed by atoms with E-state index < -0.39 is 74.3 Å². The SMILES string of the molecule is OC[C@H]1O[C@H](O[C@@]2(O)O[C@H](CO)[C@@H](O)[C@H](O)[C@H]2O)[C@H](O)[C@@H](O)[C@H]1O. The van der Waals surface area contributed by atoms with Crippen LogP contribution in [0, 0.1) is 0 Å². The Kier molecular flexibility index (Phi) is 6.12. The first-order valence-electron chi connectivity index (χ1n) is 7.19. The van der Waals surface area contributed by atoms with Crippen molar-refractivity contribution in [2.45, 2.75) is 61.1 Å². The summed E-state index contributed by atoms with van der Waals surface area (Å²) in [6.45, 7) is -1.60. The topological polar surface area (TPSA) is 210 Å². The molecule has 2 fully saturated rings. The van der Waals surface area contributed by atoms with Gasteiger partial charge in [0.1, 0.15) is 42.7 Å². The summed E-state index contributed by atoms with van der Waals surface area (Å²) in [6, 6.07) is 0. The zero-order valence-electron chi connectivity index (χ0n) is 12.4. The normalized spacial score (nSPS) is 53.1. The van der Waals surface area contributed by atoms with Crippen molar-refractivity contribution >= 4 is 0 Å². The third-order valence-corrected chi connectivity index (χ3v) is 4.06. The molecule has 0 aromatic heterocycles. The second-order valence-corrected chi connectivity index (χ2v) is 5.71. The molecule has 0 aliphatic carbocycles. The number of aliphatic hydroxyl groups is 9. The van der Waals surface area contributed by atoms with Crippen LogP contribution < -0.4 is 0 Å². The Morgan fingerprint density at radius 3 is 1.83 bits per heavy atom. The maximum absolute atomic E-state index is 10.2. The molecule has 0 radical (unpaired) electrons. The van der Waals surface area contributed by atoms with E-state index in [4.69, 9.17) is 24.4 Å². The lowest BCUT2D eigenvalue weighted by molar-refractivity contribution is -0.488. The average molecular weight is 358 g/mol. The summed E-state index contributed by atoms with van der Waals surface area (Å²) in [7, 11) is 0. The van der Waals surface area contributed by atoms with Crippen molar-refractivity contribution in [1.82, 2.24) is 0 Å². The van der Waals surface area contributed by atoms with Crippen molar-refractivity contribution in [1.29, 1.82) is 0 Å². The molecule has 2 heterocycles. The van der Waals surface area contributed by atoms with E-state index in [0.717, 1.165) is 0 Å². The van der Waals surface area contributed by atoms with Gasteiger partial charge in [-0.2, -0.15) is 0 Å². The fraction of sp³-hybridized carbons (Fsp3) is 1.00. The second-order valence-electron chi connectivity index (χ2n) is 5.71. The molecule has 0 aromatic carbocycles. The molecular formula is C12H22O12. The first kappa shape index (κ1) is 19.8. The van der Waals surface area contributed by atoms with E-state index in [1.165, 1.54) is 0 Å². The van der Waals surface area contributed by atoms with Crippen molar-refractivity contribution in [3.8, 4) is 0 Å². The zero-order chi connectivity index (χ0) is 18.2. The van der Waals surface area contributed by atoms with Gasteiger partial charge in [-0.3, -0.25) is 4.74 Å². The molecule has 2 saturated heterocycles. The standard InChI is InChI=1S/C12H22O12/c13-1-3-5(15)7(17)9(19)11(22-3)24-12(21)10(20)8(18)6(16)4(2-14)23-12/h3-11,13-21H,1-2H2/t3-,4-,5+,6-,7+,8+,9-,10-,11-,12+/m1/s1. The summed E-state index contributed by atoms with van der Waals surface area (Å²) in [5, 5.41) is 86.7. The minimum absolute atomic E-state index is 0.757. The van der Waals surface area contributed by atoms with Gasteiger partial charge in [0.05, 0.1) is 13.2 Å². The molecule has 0 amide bonds. The highest BCUT2D eigenvalue weighted by atomic mass is 16.9. The van der Waals surface area contributed by atoms with Crippen LogP contribution in [0.15, 0.2) is 0 Å². The molecule has 9 N–H and O–H groups in total. The summed E-state index contributed by atoms with van der Waals surface area (Å²) in [6.07, 6.45) is -16.1. The maximum Gasteiger partial charge on any atom is 0.313 e. The van der Waals surface area contributed by atoms with Gasteiger partial charge in [0.2, 0.25) is 0 Å². The molecule has 2 rings (SSSR count). The Balaban J connectivity index is 2.18. The van der Waals surface area contributed by atoms with Gasteiger partial charge < -0.3 is 55.4 Å². The van der Waals surface area contributed by atoms with E-state index in [1.807, 2.05) is 0 Å². The highest BCUT2D eigenvalue weighted by molar-refractivity contribution is 4.94. The number of hydrogen-bond acceptors (Lipinski definition) is 12. The van der Waals surface area contributed by atoms with Crippen LogP contribution in [0.3, 0.4) is 0 Å². The Morgan fingerprint density at radius 1 is 0.750 bits per heavy atom. The maximum atomic E-state index is 10.2. The van der Waals surface area contributed by atoms with Crippen molar-refractivity contribution in [3.05, 3.63) is 0 Å². The van der Waals surface area contributed by atoms with E-state index in [-0.39, 0.29) is 0 Å². The van der Waals surface area contributed by atoms with Crippen LogP contribution in [-0.2, 0) is 14.2 Å². The molecule has 2 aliphatic rings. The number of rotatable bonds is 4. The fourth-order valence-electron chi connectivity index (χ4n) is 2.55. The fourth-order valence-corrected chi connectivity index (χ4v) is 2.55. The smallest absolute Gasteiger partial charge is 0.313 e. The molecule has 10 atom stereocenters. The largest absolute Gasteiger partial charge is 0.394 e. The number of ether oxygens (including phenoxy) is 3. The number of aliphatic hydroxyl groups excluding tert-OH is 8. The lowest BCUT2D eigenvalue weighted by Crippen LogP contribution is -2.69. The Hall–Kier alpha value is -0.480. The molecule has 12 heteroatoms. The Morgan fingerprint density at radius 2 is 1.29 bits per heavy atom. The van der Waals surface area contributed by atoms with Crippen molar-refractivity contribution in [3.63, 3.8) is 0 Å². The summed E-state index contributed by atoms with van der Waals surface area (Å²) < 4.78 is 14.7. The van der Waals surface area contributed by atoms with Crippen LogP contribution in [0.4, 0.5) is 0 Å². The highest BCUT2D eigenvalue weighted by Crippen LogP contribution is 2.33. The minimum atomic E-state index is -3.01. The summed E-state index contributed by atoms with van der Waals surface area (Å²) in [5.74, 6) is -3.01. The molecule has 0 saturated carbocycles. The first-order valence-corrected chi connectivity index (χ1v) is 7.19. The molecule has 0 unspecified atom stereocenters. The molecule has 142 valence electrons. The van der Waals surface area contributed by atoms with Gasteiger partial charge in [0, 0.05) is 0 Å². The minimum Gasteiger partial charge on any atom is -0.394 e. The van der Waals surface area contributed by atoms with Crippen LogP contribution in [0.1, 0.15) is 0 Å².